The van der Waals surface area contributed by atoms with Crippen LogP contribution in [0.1, 0.15) is 13.3 Å². The third-order valence-electron chi connectivity index (χ3n) is 2.78. The van der Waals surface area contributed by atoms with Crippen LogP contribution < -0.4 is 0 Å². The monoisotopic (exact) mass is 178 g/mol. The molecule has 0 aliphatic heterocycles. The normalized spacial score (nSPS) is 35.0. The van der Waals surface area contributed by atoms with E-state index in [0.29, 0.717) is 18.4 Å². The molecule has 2 nitrogen and oxygen atoms in total. The first kappa shape index (κ1) is 8.54. The highest BCUT2D eigenvalue weighted by molar-refractivity contribution is 5.77. The lowest BCUT2D eigenvalue weighted by atomic mass is 10.2. The second-order valence-corrected chi connectivity index (χ2v) is 3.57. The van der Waals surface area contributed by atoms with Gasteiger partial charge in [0.1, 0.15) is 0 Å². The molecule has 0 N–H and O–H groups in total. The molecule has 0 amide bonds. The van der Waals surface area contributed by atoms with E-state index < -0.39 is 0 Å². The summed E-state index contributed by atoms with van der Waals surface area (Å²) in [6, 6.07) is 0. The van der Waals surface area contributed by atoms with E-state index in [4.69, 9.17) is 4.74 Å². The zero-order valence-corrected chi connectivity index (χ0v) is 7.77. The van der Waals surface area contributed by atoms with Gasteiger partial charge >= 0.3 is 5.97 Å². The maximum absolute atomic E-state index is 11.4. The van der Waals surface area contributed by atoms with E-state index in [1.54, 1.807) is 0 Å². The van der Waals surface area contributed by atoms with Crippen LogP contribution in [0.3, 0.4) is 0 Å². The average molecular weight is 178 g/mol. The van der Waals surface area contributed by atoms with Crippen molar-refractivity contribution in [1.82, 2.24) is 0 Å². The van der Waals surface area contributed by atoms with Gasteiger partial charge in [-0.15, -0.1) is 0 Å². The van der Waals surface area contributed by atoms with Crippen LogP contribution in [0, 0.1) is 17.8 Å². The third kappa shape index (κ3) is 1.53. The van der Waals surface area contributed by atoms with Crippen LogP contribution in [-0.2, 0) is 9.53 Å². The SMILES string of the molecule is CCOC(=O)C1C2C=CC=CCC21. The predicted molar refractivity (Wildman–Crippen MR) is 50.0 cm³/mol. The number of carbonyl (C=O) groups is 1. The Morgan fingerprint density at radius 1 is 1.54 bits per heavy atom. The summed E-state index contributed by atoms with van der Waals surface area (Å²) in [7, 11) is 0. The van der Waals surface area contributed by atoms with Crippen LogP contribution in [0.2, 0.25) is 0 Å². The molecule has 2 heteroatoms. The maximum atomic E-state index is 11.4. The van der Waals surface area contributed by atoms with Crippen molar-refractivity contribution in [3.63, 3.8) is 0 Å². The number of hydrogen-bond acceptors (Lipinski definition) is 2. The Kier molecular flexibility index (Phi) is 2.21. The molecule has 0 spiro atoms. The van der Waals surface area contributed by atoms with Crippen molar-refractivity contribution in [3.8, 4) is 0 Å². The molecule has 0 bridgehead atoms. The van der Waals surface area contributed by atoms with E-state index in [1.807, 2.05) is 19.1 Å². The summed E-state index contributed by atoms with van der Waals surface area (Å²) < 4.78 is 5.00. The number of ether oxygens (including phenoxy) is 1. The van der Waals surface area contributed by atoms with Crippen LogP contribution in [0.15, 0.2) is 24.3 Å². The van der Waals surface area contributed by atoms with E-state index in [0.717, 1.165) is 6.42 Å². The molecule has 2 aliphatic carbocycles. The van der Waals surface area contributed by atoms with Gasteiger partial charge in [0, 0.05) is 0 Å². The Balaban J connectivity index is 1.96. The van der Waals surface area contributed by atoms with Crippen LogP contribution in [-0.4, -0.2) is 12.6 Å². The van der Waals surface area contributed by atoms with Gasteiger partial charge in [0.15, 0.2) is 0 Å². The standard InChI is InChI=1S/C11H14O2/c1-2-13-11(12)10-8-6-4-3-5-7-9(8)10/h3-6,8-10H,2,7H2,1H3. The van der Waals surface area contributed by atoms with Gasteiger partial charge in [0.05, 0.1) is 12.5 Å². The zero-order valence-electron chi connectivity index (χ0n) is 7.77. The Bertz CT molecular complexity index is 265. The van der Waals surface area contributed by atoms with Crippen molar-refractivity contribution in [3.05, 3.63) is 24.3 Å². The molecular formula is C11H14O2. The molecule has 3 unspecified atom stereocenters. The van der Waals surface area contributed by atoms with Gasteiger partial charge in [-0.05, 0) is 25.2 Å². The van der Waals surface area contributed by atoms with Gasteiger partial charge < -0.3 is 4.74 Å². The fourth-order valence-electron chi connectivity index (χ4n) is 2.04. The summed E-state index contributed by atoms with van der Waals surface area (Å²) in [4.78, 5) is 11.4. The van der Waals surface area contributed by atoms with Crippen molar-refractivity contribution in [2.24, 2.45) is 17.8 Å². The van der Waals surface area contributed by atoms with E-state index in [2.05, 4.69) is 12.2 Å². The minimum Gasteiger partial charge on any atom is -0.466 e. The van der Waals surface area contributed by atoms with E-state index in [-0.39, 0.29) is 11.9 Å². The van der Waals surface area contributed by atoms with Gasteiger partial charge in [-0.3, -0.25) is 4.79 Å². The van der Waals surface area contributed by atoms with Crippen molar-refractivity contribution >= 4 is 5.97 Å². The number of allylic oxidation sites excluding steroid dienone is 4. The Hall–Kier alpha value is -1.05. The van der Waals surface area contributed by atoms with Gasteiger partial charge in [-0.25, -0.2) is 0 Å². The van der Waals surface area contributed by atoms with Crippen LogP contribution >= 0.6 is 0 Å². The van der Waals surface area contributed by atoms with Gasteiger partial charge in [-0.1, -0.05) is 24.3 Å². The minimum absolute atomic E-state index is 0.0162. The second kappa shape index (κ2) is 3.36. The Morgan fingerprint density at radius 3 is 3.15 bits per heavy atom. The first-order valence-electron chi connectivity index (χ1n) is 4.84. The molecule has 0 heterocycles. The Morgan fingerprint density at radius 2 is 2.38 bits per heavy atom. The van der Waals surface area contributed by atoms with Crippen LogP contribution in [0.4, 0.5) is 0 Å². The van der Waals surface area contributed by atoms with Gasteiger partial charge in [0.25, 0.3) is 0 Å². The largest absolute Gasteiger partial charge is 0.466 e. The molecule has 0 aromatic rings. The highest BCUT2D eigenvalue weighted by Gasteiger charge is 2.53. The van der Waals surface area contributed by atoms with E-state index >= 15 is 0 Å². The lowest BCUT2D eigenvalue weighted by Crippen LogP contribution is -2.08. The van der Waals surface area contributed by atoms with Gasteiger partial charge in [-0.2, -0.15) is 0 Å². The number of esters is 1. The highest BCUT2D eigenvalue weighted by Crippen LogP contribution is 2.51. The maximum Gasteiger partial charge on any atom is 0.309 e. The molecule has 3 atom stereocenters. The predicted octanol–water partition coefficient (Wildman–Crippen LogP) is 1.93. The molecule has 0 aromatic carbocycles. The second-order valence-electron chi connectivity index (χ2n) is 3.57. The first-order valence-corrected chi connectivity index (χ1v) is 4.84. The number of hydrogen-bond donors (Lipinski definition) is 0. The fraction of sp³-hybridized carbons (Fsp3) is 0.545. The molecule has 0 radical (unpaired) electrons. The van der Waals surface area contributed by atoms with Crippen LogP contribution in [0.5, 0.6) is 0 Å². The topological polar surface area (TPSA) is 26.3 Å². The lowest BCUT2D eigenvalue weighted by molar-refractivity contribution is -0.145. The highest BCUT2D eigenvalue weighted by atomic mass is 16.5. The molecule has 0 saturated heterocycles. The fourth-order valence-corrected chi connectivity index (χ4v) is 2.04. The molecule has 1 saturated carbocycles. The third-order valence-corrected chi connectivity index (χ3v) is 2.78. The molecule has 0 aromatic heterocycles. The summed E-state index contributed by atoms with van der Waals surface area (Å²) in [6.07, 6.45) is 9.34. The van der Waals surface area contributed by atoms with Crippen LogP contribution in [0.25, 0.3) is 0 Å². The average Bonchev–Trinajstić information content (AvgIpc) is 2.77. The first-order chi connectivity index (χ1) is 6.34. The number of carbonyl (C=O) groups excluding carboxylic acids is 1. The van der Waals surface area contributed by atoms with Crippen molar-refractivity contribution in [1.29, 1.82) is 0 Å². The van der Waals surface area contributed by atoms with Crippen molar-refractivity contribution in [2.45, 2.75) is 13.3 Å². The van der Waals surface area contributed by atoms with Crippen molar-refractivity contribution in [2.75, 3.05) is 6.61 Å². The summed E-state index contributed by atoms with van der Waals surface area (Å²) >= 11 is 0. The summed E-state index contributed by atoms with van der Waals surface area (Å²) in [5.41, 5.74) is 0. The minimum atomic E-state index is -0.0162. The molecule has 2 rings (SSSR count). The quantitative estimate of drug-likeness (QED) is 0.604. The number of rotatable bonds is 2. The smallest absolute Gasteiger partial charge is 0.309 e. The molecule has 70 valence electrons. The lowest BCUT2D eigenvalue weighted by Gasteiger charge is -1.99. The Labute approximate surface area is 78.3 Å². The van der Waals surface area contributed by atoms with E-state index in [9.17, 15) is 4.79 Å². The van der Waals surface area contributed by atoms with Crippen molar-refractivity contribution < 1.29 is 9.53 Å². The zero-order chi connectivity index (χ0) is 9.26. The summed E-state index contributed by atoms with van der Waals surface area (Å²) in [5.74, 6) is 1.07. The summed E-state index contributed by atoms with van der Waals surface area (Å²) in [6.45, 7) is 2.35. The molecular weight excluding hydrogens is 164 g/mol. The molecule has 2 aliphatic rings. The molecule has 1 fully saturated rings. The summed E-state index contributed by atoms with van der Waals surface area (Å²) in [5, 5.41) is 0. The van der Waals surface area contributed by atoms with E-state index in [1.165, 1.54) is 0 Å². The number of fused-ring (bicyclic) bond motifs is 1. The van der Waals surface area contributed by atoms with Gasteiger partial charge in [0.2, 0.25) is 0 Å². The molecule has 13 heavy (non-hydrogen) atoms.